The van der Waals surface area contributed by atoms with Gasteiger partial charge in [-0.2, -0.15) is 0 Å². The van der Waals surface area contributed by atoms with Crippen LogP contribution in [0.1, 0.15) is 17.2 Å². The number of fused-ring (bicyclic) bond motifs is 1. The van der Waals surface area contributed by atoms with Crippen LogP contribution in [-0.4, -0.2) is 26.5 Å². The summed E-state index contributed by atoms with van der Waals surface area (Å²) in [6, 6.07) is 9.65. The molecule has 0 saturated carbocycles. The maximum atomic E-state index is 12.3. The fourth-order valence-electron chi connectivity index (χ4n) is 2.59. The summed E-state index contributed by atoms with van der Waals surface area (Å²) < 4.78 is 28.0. The number of nitrogens with one attached hydrogen (secondary N) is 2. The summed E-state index contributed by atoms with van der Waals surface area (Å²) in [5, 5.41) is 3.36. The third kappa shape index (κ3) is 4.30. The summed E-state index contributed by atoms with van der Waals surface area (Å²) >= 11 is 3.24. The number of sulfonamides is 1. The topological polar surface area (TPSA) is 71.1 Å². The summed E-state index contributed by atoms with van der Waals surface area (Å²) in [7, 11) is -3.57. The van der Waals surface area contributed by atoms with E-state index in [0.717, 1.165) is 18.5 Å². The molecule has 0 amide bonds. The van der Waals surface area contributed by atoms with Crippen molar-refractivity contribution in [2.24, 2.45) is 0 Å². The zero-order valence-electron chi connectivity index (χ0n) is 12.2. The minimum absolute atomic E-state index is 0. The van der Waals surface area contributed by atoms with E-state index in [4.69, 9.17) is 0 Å². The number of hydrogen-bond acceptors (Lipinski definition) is 4. The van der Waals surface area contributed by atoms with Gasteiger partial charge in [-0.15, -0.1) is 12.4 Å². The quantitative estimate of drug-likeness (QED) is 0.800. The molecule has 0 saturated heterocycles. The first kappa shape index (κ1) is 18.4. The minimum atomic E-state index is -3.57. The fourth-order valence-corrected chi connectivity index (χ4v) is 4.14. The second kappa shape index (κ2) is 7.72. The van der Waals surface area contributed by atoms with Crippen molar-refractivity contribution in [3.8, 4) is 0 Å². The number of aromatic nitrogens is 1. The van der Waals surface area contributed by atoms with Gasteiger partial charge in [0, 0.05) is 29.5 Å². The lowest BCUT2D eigenvalue weighted by Gasteiger charge is -2.27. The van der Waals surface area contributed by atoms with E-state index in [9.17, 15) is 8.42 Å². The van der Waals surface area contributed by atoms with Crippen LogP contribution in [0.4, 0.5) is 0 Å². The molecule has 0 radical (unpaired) electrons. The Morgan fingerprint density at radius 3 is 2.87 bits per heavy atom. The van der Waals surface area contributed by atoms with Crippen molar-refractivity contribution in [1.29, 1.82) is 0 Å². The third-order valence-electron chi connectivity index (χ3n) is 3.68. The molecule has 1 aromatic carbocycles. The van der Waals surface area contributed by atoms with Crippen molar-refractivity contribution in [2.75, 3.05) is 13.1 Å². The lowest BCUT2D eigenvalue weighted by molar-refractivity contribution is 0.491. The van der Waals surface area contributed by atoms with Crippen molar-refractivity contribution >= 4 is 38.4 Å². The molecule has 1 aromatic heterocycles. The number of hydrogen-bond donors (Lipinski definition) is 2. The van der Waals surface area contributed by atoms with Gasteiger partial charge in [0.2, 0.25) is 10.0 Å². The Morgan fingerprint density at radius 2 is 2.09 bits per heavy atom. The zero-order valence-corrected chi connectivity index (χ0v) is 15.4. The zero-order chi connectivity index (χ0) is 15.6. The first-order chi connectivity index (χ1) is 10.6. The van der Waals surface area contributed by atoms with Crippen LogP contribution in [0.2, 0.25) is 0 Å². The molecule has 8 heteroatoms. The Bertz CT molecular complexity index is 786. The Labute approximate surface area is 150 Å². The summed E-state index contributed by atoms with van der Waals surface area (Å²) in [6.45, 7) is 1.16. The number of halogens is 2. The Kier molecular flexibility index (Phi) is 6.16. The van der Waals surface area contributed by atoms with Gasteiger partial charge in [0.05, 0.1) is 0 Å². The van der Waals surface area contributed by atoms with E-state index in [1.807, 2.05) is 18.2 Å². The molecule has 3 rings (SSSR count). The van der Waals surface area contributed by atoms with Crippen LogP contribution in [0.5, 0.6) is 0 Å². The molecule has 5 nitrogen and oxygen atoms in total. The maximum absolute atomic E-state index is 12.3. The molecule has 0 aliphatic carbocycles. The van der Waals surface area contributed by atoms with Gasteiger partial charge in [-0.3, -0.25) is 4.98 Å². The lowest BCUT2D eigenvalue weighted by Crippen LogP contribution is -2.38. The van der Waals surface area contributed by atoms with Crippen molar-refractivity contribution < 1.29 is 8.42 Å². The standard InChI is InChI=1S/C15H16BrN3O2S.ClH/c16-12-7-13(9-17-8-12)22(20,21)19-10-15-14-4-2-1-3-11(14)5-6-18-15;/h1-4,7-9,15,18-19H,5-6,10H2;1H. The molecule has 2 aromatic rings. The highest BCUT2D eigenvalue weighted by molar-refractivity contribution is 9.10. The predicted molar refractivity (Wildman–Crippen MR) is 95.3 cm³/mol. The van der Waals surface area contributed by atoms with E-state index >= 15 is 0 Å². The average Bonchev–Trinajstić information content (AvgIpc) is 2.53. The van der Waals surface area contributed by atoms with Gasteiger partial charge in [0.25, 0.3) is 0 Å². The van der Waals surface area contributed by atoms with E-state index < -0.39 is 10.0 Å². The Morgan fingerprint density at radius 1 is 1.30 bits per heavy atom. The molecule has 1 atom stereocenters. The molecule has 1 aliphatic rings. The monoisotopic (exact) mass is 417 g/mol. The predicted octanol–water partition coefficient (Wildman–Crippen LogP) is 2.43. The van der Waals surface area contributed by atoms with Gasteiger partial charge in [0.15, 0.2) is 0 Å². The minimum Gasteiger partial charge on any atom is -0.308 e. The van der Waals surface area contributed by atoms with E-state index in [2.05, 4.69) is 37.0 Å². The van der Waals surface area contributed by atoms with E-state index in [-0.39, 0.29) is 23.3 Å². The average molecular weight is 419 g/mol. The van der Waals surface area contributed by atoms with Gasteiger partial charge < -0.3 is 5.32 Å². The van der Waals surface area contributed by atoms with E-state index in [1.54, 1.807) is 6.20 Å². The maximum Gasteiger partial charge on any atom is 0.242 e. The molecule has 1 unspecified atom stereocenters. The number of nitrogens with zero attached hydrogens (tertiary/aromatic N) is 1. The second-order valence-electron chi connectivity index (χ2n) is 5.15. The fraction of sp³-hybridized carbons (Fsp3) is 0.267. The molecular weight excluding hydrogens is 402 g/mol. The number of benzene rings is 1. The van der Waals surface area contributed by atoms with Crippen molar-refractivity contribution in [1.82, 2.24) is 15.0 Å². The van der Waals surface area contributed by atoms with Crippen LogP contribution in [0.15, 0.2) is 52.1 Å². The number of rotatable bonds is 4. The van der Waals surface area contributed by atoms with Crippen LogP contribution in [-0.2, 0) is 16.4 Å². The van der Waals surface area contributed by atoms with Gasteiger partial charge in [-0.05, 0) is 46.1 Å². The van der Waals surface area contributed by atoms with E-state index in [0.29, 0.717) is 11.0 Å². The van der Waals surface area contributed by atoms with Crippen LogP contribution >= 0.6 is 28.3 Å². The molecule has 0 spiro atoms. The summed E-state index contributed by atoms with van der Waals surface area (Å²) in [5.74, 6) is 0. The molecule has 0 bridgehead atoms. The molecule has 0 fully saturated rings. The first-order valence-electron chi connectivity index (χ1n) is 6.98. The van der Waals surface area contributed by atoms with Gasteiger partial charge in [-0.25, -0.2) is 13.1 Å². The van der Waals surface area contributed by atoms with Crippen molar-refractivity contribution in [3.05, 3.63) is 58.3 Å². The number of pyridine rings is 1. The van der Waals surface area contributed by atoms with Crippen LogP contribution in [0.3, 0.4) is 0 Å². The normalized spacial score (nSPS) is 17.2. The van der Waals surface area contributed by atoms with Crippen LogP contribution in [0, 0.1) is 0 Å². The summed E-state index contributed by atoms with van der Waals surface area (Å²) in [5.41, 5.74) is 2.43. The lowest BCUT2D eigenvalue weighted by atomic mass is 9.95. The van der Waals surface area contributed by atoms with Crippen LogP contribution in [0.25, 0.3) is 0 Å². The molecule has 23 heavy (non-hydrogen) atoms. The molecular formula is C15H17BrClN3O2S. The highest BCUT2D eigenvalue weighted by atomic mass is 79.9. The highest BCUT2D eigenvalue weighted by Crippen LogP contribution is 2.22. The summed E-state index contributed by atoms with van der Waals surface area (Å²) in [6.07, 6.45) is 3.86. The van der Waals surface area contributed by atoms with E-state index in [1.165, 1.54) is 17.8 Å². The first-order valence-corrected chi connectivity index (χ1v) is 9.25. The van der Waals surface area contributed by atoms with Gasteiger partial charge >= 0.3 is 0 Å². The van der Waals surface area contributed by atoms with Crippen LogP contribution < -0.4 is 10.0 Å². The largest absolute Gasteiger partial charge is 0.308 e. The second-order valence-corrected chi connectivity index (χ2v) is 7.83. The van der Waals surface area contributed by atoms with Crippen molar-refractivity contribution in [3.63, 3.8) is 0 Å². The molecule has 2 heterocycles. The van der Waals surface area contributed by atoms with Gasteiger partial charge in [0.1, 0.15) is 4.90 Å². The van der Waals surface area contributed by atoms with Gasteiger partial charge in [-0.1, -0.05) is 24.3 Å². The Balaban J connectivity index is 0.00000192. The Hall–Kier alpha value is -0.990. The van der Waals surface area contributed by atoms with Crippen molar-refractivity contribution in [2.45, 2.75) is 17.4 Å². The molecule has 1 aliphatic heterocycles. The smallest absolute Gasteiger partial charge is 0.242 e. The summed E-state index contributed by atoms with van der Waals surface area (Å²) in [4.78, 5) is 4.06. The SMILES string of the molecule is Cl.O=S(=O)(NCC1NCCc2ccccc21)c1cncc(Br)c1. The molecule has 2 N–H and O–H groups in total. The highest BCUT2D eigenvalue weighted by Gasteiger charge is 2.22. The third-order valence-corrected chi connectivity index (χ3v) is 5.51. The molecule has 124 valence electrons.